The van der Waals surface area contributed by atoms with Gasteiger partial charge in [-0.15, -0.1) is 0 Å². The monoisotopic (exact) mass is 474 g/mol. The average Bonchev–Trinajstić information content (AvgIpc) is 3.34. The Bertz CT molecular complexity index is 765. The summed E-state index contributed by atoms with van der Waals surface area (Å²) in [6, 6.07) is 0. The number of rotatable bonds is 7. The van der Waals surface area contributed by atoms with Crippen LogP contribution in [0, 0.1) is 46.3 Å². The molecule has 0 amide bonds. The van der Waals surface area contributed by atoms with Gasteiger partial charge >= 0.3 is 6.16 Å². The highest BCUT2D eigenvalue weighted by molar-refractivity contribution is 5.60. The number of ether oxygens (including phenoxy) is 3. The van der Waals surface area contributed by atoms with Crippen LogP contribution in [0.4, 0.5) is 4.79 Å². The third-order valence-corrected chi connectivity index (χ3v) is 11.8. The molecule has 34 heavy (non-hydrogen) atoms. The molecule has 4 heteroatoms. The number of carbonyl (C=O) groups excluding carboxylic acids is 1. The molecule has 0 bridgehead atoms. The van der Waals surface area contributed by atoms with Gasteiger partial charge in [0.05, 0.1) is 12.7 Å². The number of hydrogen-bond donors (Lipinski definition) is 0. The number of fused-ring (bicyclic) bond motifs is 4. The Balaban J connectivity index is 1.27. The molecule has 1 aliphatic heterocycles. The second-order valence-corrected chi connectivity index (χ2v) is 13.7. The zero-order valence-electron chi connectivity index (χ0n) is 22.7. The SMILES string of the molecule is CCOC(=O)O[C@H]1CC[C@]2(C)[C@H]3CC[C@]4(C)[C@@H](C(C)CCCC(C)C)CC[C@H]4[C@@H]3C[C@@H]3OC32C1. The molecule has 4 saturated carbocycles. The van der Waals surface area contributed by atoms with Gasteiger partial charge in [0.15, 0.2) is 0 Å². The zero-order valence-corrected chi connectivity index (χ0v) is 22.7. The smallest absolute Gasteiger partial charge is 0.435 e. The quantitative estimate of drug-likeness (QED) is 0.279. The predicted molar refractivity (Wildman–Crippen MR) is 134 cm³/mol. The van der Waals surface area contributed by atoms with Crippen LogP contribution in [0.1, 0.15) is 112 Å². The van der Waals surface area contributed by atoms with Gasteiger partial charge in [0.2, 0.25) is 0 Å². The van der Waals surface area contributed by atoms with E-state index in [9.17, 15) is 4.79 Å². The highest BCUT2D eigenvalue weighted by Crippen LogP contribution is 2.74. The average molecular weight is 475 g/mol. The maximum Gasteiger partial charge on any atom is 0.508 e. The second-order valence-electron chi connectivity index (χ2n) is 13.7. The molecule has 0 aromatic rings. The Kier molecular flexibility index (Phi) is 6.56. The summed E-state index contributed by atoms with van der Waals surface area (Å²) in [7, 11) is 0. The van der Waals surface area contributed by atoms with Crippen molar-refractivity contribution in [1.29, 1.82) is 0 Å². The van der Waals surface area contributed by atoms with E-state index >= 15 is 0 Å². The van der Waals surface area contributed by atoms with Gasteiger partial charge in [-0.1, -0.05) is 53.9 Å². The molecule has 10 atom stereocenters. The zero-order chi connectivity index (χ0) is 24.3. The largest absolute Gasteiger partial charge is 0.508 e. The normalized spacial score (nSPS) is 47.7. The fourth-order valence-electron chi connectivity index (χ4n) is 10.1. The lowest BCUT2D eigenvalue weighted by molar-refractivity contribution is -0.120. The van der Waals surface area contributed by atoms with E-state index in [-0.39, 0.29) is 17.1 Å². The van der Waals surface area contributed by atoms with Gasteiger partial charge in [0.25, 0.3) is 0 Å². The van der Waals surface area contributed by atoms with Crippen LogP contribution < -0.4 is 0 Å². The molecule has 0 aromatic heterocycles. The Labute approximate surface area is 208 Å². The summed E-state index contributed by atoms with van der Waals surface area (Å²) in [5, 5.41) is 0. The molecule has 2 unspecified atom stereocenters. The van der Waals surface area contributed by atoms with E-state index < -0.39 is 6.16 Å². The van der Waals surface area contributed by atoms with Crippen molar-refractivity contribution in [3.05, 3.63) is 0 Å². The van der Waals surface area contributed by atoms with Gasteiger partial charge in [-0.3, -0.25) is 0 Å². The topological polar surface area (TPSA) is 48.1 Å². The molecule has 0 N–H and O–H groups in total. The summed E-state index contributed by atoms with van der Waals surface area (Å²) < 4.78 is 17.4. The lowest BCUT2D eigenvalue weighted by Crippen LogP contribution is -2.59. The van der Waals surface area contributed by atoms with E-state index in [0.29, 0.717) is 18.1 Å². The van der Waals surface area contributed by atoms with E-state index in [1.165, 1.54) is 51.4 Å². The summed E-state index contributed by atoms with van der Waals surface area (Å²) >= 11 is 0. The molecule has 5 fully saturated rings. The molecule has 5 aliphatic rings. The molecule has 5 rings (SSSR count). The van der Waals surface area contributed by atoms with Gasteiger partial charge in [-0.05, 0) is 92.8 Å². The van der Waals surface area contributed by atoms with Crippen molar-refractivity contribution in [2.24, 2.45) is 46.3 Å². The minimum Gasteiger partial charge on any atom is -0.435 e. The van der Waals surface area contributed by atoms with Crippen LogP contribution in [0.25, 0.3) is 0 Å². The van der Waals surface area contributed by atoms with Crippen LogP contribution in [-0.4, -0.2) is 30.6 Å². The third kappa shape index (κ3) is 3.84. The molecule has 1 spiro atoms. The number of hydrogen-bond acceptors (Lipinski definition) is 4. The fourth-order valence-corrected chi connectivity index (χ4v) is 10.1. The van der Waals surface area contributed by atoms with Crippen molar-refractivity contribution in [3.63, 3.8) is 0 Å². The Morgan fingerprint density at radius 3 is 2.56 bits per heavy atom. The van der Waals surface area contributed by atoms with Gasteiger partial charge in [-0.25, -0.2) is 4.79 Å². The fraction of sp³-hybridized carbons (Fsp3) is 0.967. The first-order chi connectivity index (χ1) is 16.1. The van der Waals surface area contributed by atoms with Crippen LogP contribution in [0.3, 0.4) is 0 Å². The first-order valence-electron chi connectivity index (χ1n) is 14.7. The summed E-state index contributed by atoms with van der Waals surface area (Å²) in [4.78, 5) is 12.0. The van der Waals surface area contributed by atoms with E-state index in [2.05, 4.69) is 34.6 Å². The molecule has 4 aliphatic carbocycles. The summed E-state index contributed by atoms with van der Waals surface area (Å²) in [5.41, 5.74) is 0.699. The van der Waals surface area contributed by atoms with Gasteiger partial charge in [0, 0.05) is 11.8 Å². The van der Waals surface area contributed by atoms with E-state index in [4.69, 9.17) is 14.2 Å². The molecule has 4 nitrogen and oxygen atoms in total. The Hall–Kier alpha value is -0.770. The minimum atomic E-state index is -0.508. The highest BCUT2D eigenvalue weighted by atomic mass is 16.7. The highest BCUT2D eigenvalue weighted by Gasteiger charge is 2.76. The lowest BCUT2D eigenvalue weighted by Gasteiger charge is -2.59. The third-order valence-electron chi connectivity index (χ3n) is 11.8. The van der Waals surface area contributed by atoms with Crippen LogP contribution in [-0.2, 0) is 14.2 Å². The summed E-state index contributed by atoms with van der Waals surface area (Å²) in [5.74, 6) is 5.04. The molecule has 1 heterocycles. The molecular weight excluding hydrogens is 424 g/mol. The molecule has 1 saturated heterocycles. The Morgan fingerprint density at radius 1 is 1.03 bits per heavy atom. The van der Waals surface area contributed by atoms with Gasteiger partial charge in [0.1, 0.15) is 11.7 Å². The van der Waals surface area contributed by atoms with Crippen LogP contribution in [0.2, 0.25) is 0 Å². The van der Waals surface area contributed by atoms with Crippen molar-refractivity contribution in [3.8, 4) is 0 Å². The first-order valence-corrected chi connectivity index (χ1v) is 14.7. The second kappa shape index (κ2) is 8.96. The van der Waals surface area contributed by atoms with Gasteiger partial charge in [-0.2, -0.15) is 0 Å². The standard InChI is InChI=1S/C30H50O4/c1-7-32-27(31)33-21-13-16-29(6)25-14-15-28(5)23(20(4)10-8-9-19(2)3)11-12-24(28)22(25)17-26-30(29,18-21)34-26/h19-26H,7-18H2,1-6H3/t20?,21-,22-,23+,24-,25-,26-,28+,29+,30?/m0/s1. The summed E-state index contributed by atoms with van der Waals surface area (Å²) in [6.45, 7) is 14.7. The van der Waals surface area contributed by atoms with Crippen molar-refractivity contribution in [1.82, 2.24) is 0 Å². The van der Waals surface area contributed by atoms with E-state index in [1.54, 1.807) is 0 Å². The van der Waals surface area contributed by atoms with Crippen LogP contribution >= 0.6 is 0 Å². The van der Waals surface area contributed by atoms with Crippen molar-refractivity contribution < 1.29 is 19.0 Å². The maximum atomic E-state index is 12.0. The molecule has 194 valence electrons. The maximum absolute atomic E-state index is 12.0. The van der Waals surface area contributed by atoms with Crippen molar-refractivity contribution in [2.45, 2.75) is 130 Å². The van der Waals surface area contributed by atoms with Crippen LogP contribution in [0.5, 0.6) is 0 Å². The number of epoxide rings is 1. The predicted octanol–water partition coefficient (Wildman–Crippen LogP) is 7.78. The molecule has 0 aromatic carbocycles. The van der Waals surface area contributed by atoms with Crippen molar-refractivity contribution in [2.75, 3.05) is 6.61 Å². The van der Waals surface area contributed by atoms with E-state index in [1.807, 2.05) is 6.92 Å². The van der Waals surface area contributed by atoms with Gasteiger partial charge < -0.3 is 14.2 Å². The van der Waals surface area contributed by atoms with E-state index in [0.717, 1.165) is 54.8 Å². The minimum absolute atomic E-state index is 0.0509. The molecule has 0 radical (unpaired) electrons. The Morgan fingerprint density at radius 2 is 1.82 bits per heavy atom. The molecular formula is C30H50O4. The first kappa shape index (κ1) is 24.9. The number of carbonyl (C=O) groups is 1. The summed E-state index contributed by atoms with van der Waals surface area (Å²) in [6.07, 6.45) is 13.8. The van der Waals surface area contributed by atoms with Crippen LogP contribution in [0.15, 0.2) is 0 Å². The lowest BCUT2D eigenvalue weighted by atomic mass is 9.44. The van der Waals surface area contributed by atoms with Crippen molar-refractivity contribution >= 4 is 6.16 Å².